The average Bonchev–Trinajstić information content (AvgIpc) is 2.97. The van der Waals surface area contributed by atoms with E-state index in [-0.39, 0.29) is 47.3 Å². The van der Waals surface area contributed by atoms with Gasteiger partial charge in [0.15, 0.2) is 5.52 Å². The van der Waals surface area contributed by atoms with Crippen molar-refractivity contribution in [3.05, 3.63) is 0 Å². The summed E-state index contributed by atoms with van der Waals surface area (Å²) < 4.78 is 0. The fourth-order valence-corrected chi connectivity index (χ4v) is 4.04. The van der Waals surface area contributed by atoms with Gasteiger partial charge in [-0.1, -0.05) is 28.7 Å². The number of likely N-dealkylation sites (tertiary alicyclic amines) is 1. The second kappa shape index (κ2) is 13.1. The van der Waals surface area contributed by atoms with E-state index in [1.54, 1.807) is 6.92 Å². The lowest BCUT2D eigenvalue weighted by Crippen LogP contribution is -2.52. The van der Waals surface area contributed by atoms with Crippen molar-refractivity contribution < 1.29 is 24.0 Å². The molecule has 2 N–H and O–H groups in total. The van der Waals surface area contributed by atoms with Crippen molar-refractivity contribution in [1.29, 1.82) is 0 Å². The highest BCUT2D eigenvalue weighted by Crippen LogP contribution is 2.23. The number of amides is 4. The smallest absolute Gasteiger partial charge is 0.243 e. The van der Waals surface area contributed by atoms with E-state index in [1.807, 2.05) is 20.1 Å². The maximum Gasteiger partial charge on any atom is 0.243 e. The Kier molecular flexibility index (Phi) is 11.6. The molecule has 0 aromatic rings. The molecule has 2 radical (unpaired) electrons. The fourth-order valence-electron chi connectivity index (χ4n) is 3.08. The Morgan fingerprint density at radius 1 is 1.17 bits per heavy atom. The lowest BCUT2D eigenvalue weighted by atomic mass is 10.0. The molecule has 166 valence electrons. The number of hydrogen-bond acceptors (Lipinski definition) is 6. The Labute approximate surface area is 185 Å². The van der Waals surface area contributed by atoms with E-state index in [2.05, 4.69) is 10.6 Å². The summed E-state index contributed by atoms with van der Waals surface area (Å²) in [7, 11) is 4.93. The summed E-state index contributed by atoms with van der Waals surface area (Å²) >= 11 is 1.39. The molecule has 3 unspecified atom stereocenters. The van der Waals surface area contributed by atoms with Crippen LogP contribution < -0.4 is 10.6 Å². The van der Waals surface area contributed by atoms with E-state index >= 15 is 0 Å². The molecule has 1 saturated heterocycles. The van der Waals surface area contributed by atoms with Gasteiger partial charge in [0.1, 0.15) is 13.6 Å². The fraction of sp³-hybridized carbons (Fsp3) is 0.737. The molecule has 8 nitrogen and oxygen atoms in total. The van der Waals surface area contributed by atoms with E-state index in [0.29, 0.717) is 25.8 Å². The van der Waals surface area contributed by atoms with Crippen LogP contribution in [0.25, 0.3) is 0 Å². The lowest BCUT2D eigenvalue weighted by molar-refractivity contribution is -0.138. The number of carbonyl (C=O) groups excluding carboxylic acids is 5. The minimum atomic E-state index is -0.739. The van der Waals surface area contributed by atoms with E-state index in [1.165, 1.54) is 16.7 Å². The van der Waals surface area contributed by atoms with Gasteiger partial charge < -0.3 is 10.6 Å². The van der Waals surface area contributed by atoms with Gasteiger partial charge in [0.05, 0.1) is 11.3 Å². The molecule has 0 bridgehead atoms. The summed E-state index contributed by atoms with van der Waals surface area (Å²) in [5.74, 6) is -1.07. The molecule has 0 aromatic heterocycles. The highest BCUT2D eigenvalue weighted by molar-refractivity contribution is 8.00. The van der Waals surface area contributed by atoms with Crippen LogP contribution in [0.2, 0.25) is 0 Å². The molecule has 1 aliphatic rings. The standard InChI is InChI=1S/C19H31BN3O5PS/c1-11(2)16(17(26)21-12(3)19(28)29-20)22-14(24)8-6-5-7-9-23-15(25)10-13(30-4)18(23)27/h11-13,16,29H,5-10H2,1-4H3,(H,21,26)(H,22,24)/t12?,13?,16-/m0/s1. The quantitative estimate of drug-likeness (QED) is 0.185. The van der Waals surface area contributed by atoms with E-state index < -0.39 is 26.5 Å². The first-order chi connectivity index (χ1) is 14.1. The predicted octanol–water partition coefficient (Wildman–Crippen LogP) is 0.971. The summed E-state index contributed by atoms with van der Waals surface area (Å²) in [5, 5.41) is 5.05. The number of nitrogens with one attached hydrogen (secondary N) is 2. The molecule has 4 atom stereocenters. The highest BCUT2D eigenvalue weighted by Gasteiger charge is 2.37. The van der Waals surface area contributed by atoms with Gasteiger partial charge >= 0.3 is 0 Å². The van der Waals surface area contributed by atoms with Gasteiger partial charge in [-0.25, -0.2) is 0 Å². The Morgan fingerprint density at radius 3 is 2.37 bits per heavy atom. The van der Waals surface area contributed by atoms with E-state index in [0.717, 1.165) is 0 Å². The van der Waals surface area contributed by atoms with Crippen LogP contribution in [0.4, 0.5) is 0 Å². The molecular weight excluding hydrogens is 424 g/mol. The summed E-state index contributed by atoms with van der Waals surface area (Å²) in [6.07, 6.45) is 4.24. The zero-order chi connectivity index (χ0) is 22.8. The maximum absolute atomic E-state index is 12.4. The first-order valence-electron chi connectivity index (χ1n) is 10.1. The monoisotopic (exact) mass is 455 g/mol. The summed E-state index contributed by atoms with van der Waals surface area (Å²) in [4.78, 5) is 61.5. The lowest BCUT2D eigenvalue weighted by Gasteiger charge is -2.23. The third-order valence-corrected chi connectivity index (χ3v) is 6.59. The molecule has 0 aliphatic carbocycles. The van der Waals surface area contributed by atoms with Crippen molar-refractivity contribution in [2.45, 2.75) is 70.2 Å². The van der Waals surface area contributed by atoms with Crippen molar-refractivity contribution in [3.8, 4) is 0 Å². The van der Waals surface area contributed by atoms with Crippen LogP contribution in [-0.2, 0) is 24.0 Å². The summed E-state index contributed by atoms with van der Waals surface area (Å²) in [6.45, 7) is 5.57. The number of thioether (sulfide) groups is 1. The van der Waals surface area contributed by atoms with Crippen LogP contribution in [0, 0.1) is 5.92 Å². The van der Waals surface area contributed by atoms with Gasteiger partial charge in [0.2, 0.25) is 23.6 Å². The second-order valence-corrected chi connectivity index (χ2v) is 9.47. The Bertz CT molecular complexity index is 664. The van der Waals surface area contributed by atoms with Gasteiger partial charge in [-0.15, -0.1) is 0 Å². The number of nitrogens with zero attached hydrogens (tertiary/aromatic N) is 1. The van der Waals surface area contributed by atoms with E-state index in [4.69, 9.17) is 7.57 Å². The highest BCUT2D eigenvalue weighted by atomic mass is 32.2. The maximum atomic E-state index is 12.4. The molecule has 0 saturated carbocycles. The SMILES string of the molecule is [B]PC(=O)C(C)NC(=O)[C@@H](NC(=O)CCCCCN1C(=O)CC(SC)C1=O)C(C)C. The largest absolute Gasteiger partial charge is 0.344 e. The number of rotatable bonds is 13. The van der Waals surface area contributed by atoms with Crippen LogP contribution in [0.1, 0.15) is 52.9 Å². The predicted molar refractivity (Wildman–Crippen MR) is 121 cm³/mol. The van der Waals surface area contributed by atoms with Gasteiger partial charge in [-0.2, -0.15) is 11.8 Å². The molecule has 1 fully saturated rings. The van der Waals surface area contributed by atoms with Crippen molar-refractivity contribution in [2.24, 2.45) is 5.92 Å². The van der Waals surface area contributed by atoms with Crippen molar-refractivity contribution >= 4 is 56.9 Å². The molecule has 1 aliphatic heterocycles. The summed E-state index contributed by atoms with van der Waals surface area (Å²) in [5.41, 5.74) is -0.254. The normalized spacial score (nSPS) is 18.8. The molecule has 4 amide bonds. The van der Waals surface area contributed by atoms with Gasteiger partial charge in [-0.3, -0.25) is 28.9 Å². The molecule has 0 spiro atoms. The van der Waals surface area contributed by atoms with Crippen LogP contribution in [0.15, 0.2) is 0 Å². The van der Waals surface area contributed by atoms with Crippen molar-refractivity contribution in [1.82, 2.24) is 15.5 Å². The van der Waals surface area contributed by atoms with Crippen molar-refractivity contribution in [3.63, 3.8) is 0 Å². The average molecular weight is 455 g/mol. The van der Waals surface area contributed by atoms with Gasteiger partial charge in [0.25, 0.3) is 0 Å². The molecule has 0 aromatic carbocycles. The second-order valence-electron chi connectivity index (χ2n) is 7.65. The molecule has 1 rings (SSSR count). The number of imide groups is 1. The topological polar surface area (TPSA) is 113 Å². The molecule has 1 heterocycles. The molecule has 30 heavy (non-hydrogen) atoms. The number of hydrogen-bond donors (Lipinski definition) is 2. The first kappa shape index (κ1) is 26.6. The number of unbranched alkanes of at least 4 members (excludes halogenated alkanes) is 2. The molecular formula is C19H31BN3O5PS. The minimum Gasteiger partial charge on any atom is -0.344 e. The third-order valence-electron chi connectivity index (χ3n) is 4.93. The molecule has 11 heteroatoms. The van der Waals surface area contributed by atoms with Crippen LogP contribution in [-0.4, -0.2) is 71.8 Å². The zero-order valence-electron chi connectivity index (χ0n) is 18.0. The van der Waals surface area contributed by atoms with Crippen LogP contribution in [0.3, 0.4) is 0 Å². The van der Waals surface area contributed by atoms with Gasteiger partial charge in [-0.05, 0) is 31.9 Å². The zero-order valence-corrected chi connectivity index (χ0v) is 19.8. The minimum absolute atomic E-state index is 0.126. The van der Waals surface area contributed by atoms with E-state index in [9.17, 15) is 24.0 Å². The van der Waals surface area contributed by atoms with Gasteiger partial charge in [0, 0.05) is 19.4 Å². The first-order valence-corrected chi connectivity index (χ1v) is 12.5. The van der Waals surface area contributed by atoms with Crippen molar-refractivity contribution in [2.75, 3.05) is 12.8 Å². The Morgan fingerprint density at radius 2 is 1.83 bits per heavy atom. The number of carbonyl (C=O) groups is 5. The summed E-state index contributed by atoms with van der Waals surface area (Å²) in [6, 6.07) is -1.43. The van der Waals surface area contributed by atoms with Crippen LogP contribution in [0.5, 0.6) is 0 Å². The third kappa shape index (κ3) is 8.02. The Balaban J connectivity index is 2.37. The van der Waals surface area contributed by atoms with Crippen LogP contribution >= 0.6 is 20.2 Å². The Hall–Kier alpha value is -1.41.